The number of aliphatic hydroxyl groups is 1. The van der Waals surface area contributed by atoms with Crippen molar-refractivity contribution in [3.8, 4) is 5.75 Å². The van der Waals surface area contributed by atoms with Gasteiger partial charge in [-0.3, -0.25) is 0 Å². The van der Waals surface area contributed by atoms with Gasteiger partial charge >= 0.3 is 6.18 Å². The van der Waals surface area contributed by atoms with Crippen molar-refractivity contribution in [2.45, 2.75) is 12.3 Å². The van der Waals surface area contributed by atoms with Crippen LogP contribution in [0.3, 0.4) is 0 Å². The van der Waals surface area contributed by atoms with Gasteiger partial charge in [0.15, 0.2) is 0 Å². The maximum Gasteiger partial charge on any atom is 0.416 e. The number of rotatable bonds is 3. The average molecular weight is 314 g/mol. The SMILES string of the molecule is COc1cc(C(F)(F)F)cc(Br)c1C(O)CN. The van der Waals surface area contributed by atoms with Crippen molar-refractivity contribution in [1.82, 2.24) is 0 Å². The Labute approximate surface area is 105 Å². The molecule has 0 aliphatic carbocycles. The van der Waals surface area contributed by atoms with E-state index < -0.39 is 17.8 Å². The second kappa shape index (κ2) is 5.24. The summed E-state index contributed by atoms with van der Waals surface area (Å²) < 4.78 is 42.6. The van der Waals surface area contributed by atoms with Crippen LogP contribution < -0.4 is 10.5 Å². The lowest BCUT2D eigenvalue weighted by Crippen LogP contribution is -2.14. The standard InChI is InChI=1S/C10H11BrF3NO2/c1-17-8-3-5(10(12,13)14)2-6(11)9(8)7(16)4-15/h2-3,7,16H,4,15H2,1H3. The first kappa shape index (κ1) is 14.3. The van der Waals surface area contributed by atoms with Crippen molar-refractivity contribution in [2.24, 2.45) is 5.73 Å². The van der Waals surface area contributed by atoms with Crippen LogP contribution in [0.1, 0.15) is 17.2 Å². The average Bonchev–Trinajstić information content (AvgIpc) is 2.25. The molecule has 0 heterocycles. The minimum Gasteiger partial charge on any atom is -0.496 e. The smallest absolute Gasteiger partial charge is 0.416 e. The van der Waals surface area contributed by atoms with E-state index in [-0.39, 0.29) is 22.3 Å². The van der Waals surface area contributed by atoms with Crippen LogP contribution in [-0.4, -0.2) is 18.8 Å². The quantitative estimate of drug-likeness (QED) is 0.901. The van der Waals surface area contributed by atoms with Gasteiger partial charge in [0, 0.05) is 16.6 Å². The third-order valence-corrected chi connectivity index (χ3v) is 2.85. The number of alkyl halides is 3. The van der Waals surface area contributed by atoms with Crippen molar-refractivity contribution in [2.75, 3.05) is 13.7 Å². The predicted molar refractivity (Wildman–Crippen MR) is 59.7 cm³/mol. The second-order valence-electron chi connectivity index (χ2n) is 3.32. The van der Waals surface area contributed by atoms with Crippen LogP contribution in [0.2, 0.25) is 0 Å². The number of benzene rings is 1. The Bertz CT molecular complexity index is 409. The van der Waals surface area contributed by atoms with Crippen LogP contribution in [0.15, 0.2) is 16.6 Å². The molecule has 0 aromatic heterocycles. The van der Waals surface area contributed by atoms with E-state index in [1.807, 2.05) is 0 Å². The number of hydrogen-bond acceptors (Lipinski definition) is 3. The van der Waals surface area contributed by atoms with Gasteiger partial charge in [-0.1, -0.05) is 15.9 Å². The summed E-state index contributed by atoms with van der Waals surface area (Å²) in [7, 11) is 1.23. The molecule has 0 radical (unpaired) electrons. The van der Waals surface area contributed by atoms with Gasteiger partial charge in [-0.2, -0.15) is 13.2 Å². The van der Waals surface area contributed by atoms with E-state index in [9.17, 15) is 18.3 Å². The summed E-state index contributed by atoms with van der Waals surface area (Å²) in [5.41, 5.74) is 4.63. The molecular formula is C10H11BrF3NO2. The number of hydrogen-bond donors (Lipinski definition) is 2. The van der Waals surface area contributed by atoms with E-state index in [0.717, 1.165) is 12.1 Å². The molecule has 3 nitrogen and oxygen atoms in total. The summed E-state index contributed by atoms with van der Waals surface area (Å²) in [5.74, 6) is -0.0512. The normalized spacial score (nSPS) is 13.6. The highest BCUT2D eigenvalue weighted by molar-refractivity contribution is 9.10. The molecule has 0 spiro atoms. The minimum atomic E-state index is -4.47. The molecule has 7 heteroatoms. The first-order chi connectivity index (χ1) is 7.81. The largest absolute Gasteiger partial charge is 0.496 e. The van der Waals surface area contributed by atoms with Crippen LogP contribution in [0.25, 0.3) is 0 Å². The molecule has 0 fully saturated rings. The lowest BCUT2D eigenvalue weighted by molar-refractivity contribution is -0.137. The highest BCUT2D eigenvalue weighted by atomic mass is 79.9. The van der Waals surface area contributed by atoms with E-state index in [2.05, 4.69) is 15.9 Å². The Balaban J connectivity index is 3.36. The zero-order chi connectivity index (χ0) is 13.2. The second-order valence-corrected chi connectivity index (χ2v) is 4.18. The van der Waals surface area contributed by atoms with E-state index >= 15 is 0 Å². The molecule has 0 aliphatic rings. The fourth-order valence-electron chi connectivity index (χ4n) is 1.37. The Kier molecular flexibility index (Phi) is 4.40. The molecule has 1 unspecified atom stereocenters. The first-order valence-electron chi connectivity index (χ1n) is 4.64. The Hall–Kier alpha value is -0.790. The van der Waals surface area contributed by atoms with Gasteiger partial charge in [0.1, 0.15) is 5.75 Å². The van der Waals surface area contributed by atoms with Gasteiger partial charge in [0.05, 0.1) is 18.8 Å². The number of halogens is 4. The highest BCUT2D eigenvalue weighted by Crippen LogP contribution is 2.39. The maximum atomic E-state index is 12.5. The van der Waals surface area contributed by atoms with Crippen molar-refractivity contribution in [3.05, 3.63) is 27.7 Å². The summed E-state index contributed by atoms with van der Waals surface area (Å²) in [6, 6.07) is 1.72. The number of methoxy groups -OCH3 is 1. The molecule has 1 atom stereocenters. The molecule has 1 aromatic carbocycles. The number of nitrogens with two attached hydrogens (primary N) is 1. The van der Waals surface area contributed by atoms with Crippen LogP contribution in [0.4, 0.5) is 13.2 Å². The fourth-order valence-corrected chi connectivity index (χ4v) is 2.07. The molecule has 1 aromatic rings. The monoisotopic (exact) mass is 313 g/mol. The van der Waals surface area contributed by atoms with Gasteiger partial charge in [-0.05, 0) is 12.1 Å². The van der Waals surface area contributed by atoms with Gasteiger partial charge in [0.2, 0.25) is 0 Å². The fraction of sp³-hybridized carbons (Fsp3) is 0.400. The summed E-state index contributed by atoms with van der Waals surface area (Å²) in [4.78, 5) is 0. The van der Waals surface area contributed by atoms with Crippen LogP contribution in [0.5, 0.6) is 5.75 Å². The van der Waals surface area contributed by atoms with Crippen LogP contribution in [-0.2, 0) is 6.18 Å². The van der Waals surface area contributed by atoms with E-state index in [0.29, 0.717) is 0 Å². The van der Waals surface area contributed by atoms with E-state index in [1.54, 1.807) is 0 Å². The Morgan fingerprint density at radius 3 is 2.47 bits per heavy atom. The molecule has 0 saturated carbocycles. The third-order valence-electron chi connectivity index (χ3n) is 2.20. The minimum absolute atomic E-state index is 0.0512. The summed E-state index contributed by atoms with van der Waals surface area (Å²) in [6.07, 6.45) is -5.55. The lowest BCUT2D eigenvalue weighted by atomic mass is 10.0. The maximum absolute atomic E-state index is 12.5. The molecule has 96 valence electrons. The summed E-state index contributed by atoms with van der Waals surface area (Å²) in [5, 5.41) is 9.60. The number of ether oxygens (including phenoxy) is 1. The number of aliphatic hydroxyl groups excluding tert-OH is 1. The van der Waals surface area contributed by atoms with Gasteiger partial charge in [-0.25, -0.2) is 0 Å². The molecule has 0 bridgehead atoms. The van der Waals surface area contributed by atoms with Gasteiger partial charge in [-0.15, -0.1) is 0 Å². The predicted octanol–water partition coefficient (Wildman–Crippen LogP) is 2.47. The molecule has 3 N–H and O–H groups in total. The molecule has 17 heavy (non-hydrogen) atoms. The molecule has 0 saturated heterocycles. The van der Waals surface area contributed by atoms with E-state index in [1.165, 1.54) is 7.11 Å². The van der Waals surface area contributed by atoms with Crippen LogP contribution in [0, 0.1) is 0 Å². The topological polar surface area (TPSA) is 55.5 Å². The highest BCUT2D eigenvalue weighted by Gasteiger charge is 2.33. The molecule has 0 amide bonds. The van der Waals surface area contributed by atoms with E-state index in [4.69, 9.17) is 10.5 Å². The van der Waals surface area contributed by atoms with Gasteiger partial charge in [0.25, 0.3) is 0 Å². The van der Waals surface area contributed by atoms with Crippen LogP contribution >= 0.6 is 15.9 Å². The van der Waals surface area contributed by atoms with Crippen molar-refractivity contribution < 1.29 is 23.0 Å². The summed E-state index contributed by atoms with van der Waals surface area (Å²) in [6.45, 7) is -0.111. The zero-order valence-electron chi connectivity index (χ0n) is 8.88. The third kappa shape index (κ3) is 3.11. The van der Waals surface area contributed by atoms with Gasteiger partial charge < -0.3 is 15.6 Å². The van der Waals surface area contributed by atoms with Crippen molar-refractivity contribution >= 4 is 15.9 Å². The Morgan fingerprint density at radius 1 is 1.47 bits per heavy atom. The van der Waals surface area contributed by atoms with Crippen molar-refractivity contribution in [3.63, 3.8) is 0 Å². The molecule has 1 rings (SSSR count). The zero-order valence-corrected chi connectivity index (χ0v) is 10.5. The van der Waals surface area contributed by atoms with Crippen molar-refractivity contribution in [1.29, 1.82) is 0 Å². The summed E-state index contributed by atoms with van der Waals surface area (Å²) >= 11 is 2.98. The molecule has 0 aliphatic heterocycles. The first-order valence-corrected chi connectivity index (χ1v) is 5.43. The lowest BCUT2D eigenvalue weighted by Gasteiger charge is -2.17. The Morgan fingerprint density at radius 2 is 2.06 bits per heavy atom. The molecular weight excluding hydrogens is 303 g/mol.